The van der Waals surface area contributed by atoms with E-state index in [-0.39, 0.29) is 11.0 Å². The zero-order chi connectivity index (χ0) is 23.0. The normalized spacial score (nSPS) is 15.3. The molecule has 5 rings (SSSR count). The third kappa shape index (κ3) is 4.57. The largest absolute Gasteiger partial charge is 0.367 e. The van der Waals surface area contributed by atoms with E-state index in [1.54, 1.807) is 12.3 Å². The maximum Gasteiger partial charge on any atom is 0.248 e. The standard InChI is InChI=1S/C27H31N5O/c1-27(2,3)21-9-7-20(8-10-21)26-29-22-5-4-6-23(25(22)30-26)32-15-13-31(14-16-32)18-19-11-12-28-24(33)17-19/h4-12,17H,13-16,18H2,1-3H3,(H,28,33)(H,29,30). The Balaban J connectivity index is 1.33. The summed E-state index contributed by atoms with van der Waals surface area (Å²) in [5.41, 5.74) is 6.84. The number of aromatic nitrogens is 3. The van der Waals surface area contributed by atoms with Gasteiger partial charge in [0.1, 0.15) is 11.3 Å². The minimum absolute atomic E-state index is 0.0415. The number of benzene rings is 2. The van der Waals surface area contributed by atoms with Crippen molar-refractivity contribution in [3.63, 3.8) is 0 Å². The van der Waals surface area contributed by atoms with E-state index in [1.165, 1.54) is 11.3 Å². The Morgan fingerprint density at radius 3 is 2.42 bits per heavy atom. The number of hydrogen-bond donors (Lipinski definition) is 2. The second kappa shape index (κ2) is 8.52. The van der Waals surface area contributed by atoms with Crippen LogP contribution in [-0.2, 0) is 12.0 Å². The molecule has 0 spiro atoms. The van der Waals surface area contributed by atoms with Gasteiger partial charge >= 0.3 is 0 Å². The predicted octanol–water partition coefficient (Wildman–Crippen LogP) is 4.54. The van der Waals surface area contributed by atoms with Crippen molar-refractivity contribution in [1.82, 2.24) is 19.9 Å². The van der Waals surface area contributed by atoms with Gasteiger partial charge in [-0.2, -0.15) is 0 Å². The average Bonchev–Trinajstić information content (AvgIpc) is 3.24. The summed E-state index contributed by atoms with van der Waals surface area (Å²) in [5, 5.41) is 0. The summed E-state index contributed by atoms with van der Waals surface area (Å²) >= 11 is 0. The number of fused-ring (bicyclic) bond motifs is 1. The Kier molecular flexibility index (Phi) is 5.54. The summed E-state index contributed by atoms with van der Waals surface area (Å²) in [5.74, 6) is 0.908. The van der Waals surface area contributed by atoms with Crippen molar-refractivity contribution in [3.8, 4) is 11.4 Å². The van der Waals surface area contributed by atoms with E-state index >= 15 is 0 Å². The average molecular weight is 442 g/mol. The zero-order valence-electron chi connectivity index (χ0n) is 19.6. The van der Waals surface area contributed by atoms with Gasteiger partial charge in [0.2, 0.25) is 5.56 Å². The van der Waals surface area contributed by atoms with Crippen molar-refractivity contribution < 1.29 is 0 Å². The molecule has 6 nitrogen and oxygen atoms in total. The Hall–Kier alpha value is -3.38. The Morgan fingerprint density at radius 2 is 1.73 bits per heavy atom. The third-order valence-electron chi connectivity index (χ3n) is 6.47. The summed E-state index contributed by atoms with van der Waals surface area (Å²) in [6.07, 6.45) is 1.72. The van der Waals surface area contributed by atoms with Gasteiger partial charge in [-0.25, -0.2) is 4.98 Å². The first kappa shape index (κ1) is 21.5. The highest BCUT2D eigenvalue weighted by atomic mass is 16.1. The van der Waals surface area contributed by atoms with Crippen LogP contribution in [0.3, 0.4) is 0 Å². The summed E-state index contributed by atoms with van der Waals surface area (Å²) in [6, 6.07) is 18.7. The van der Waals surface area contributed by atoms with Crippen molar-refractivity contribution in [2.75, 3.05) is 31.1 Å². The zero-order valence-corrected chi connectivity index (χ0v) is 19.6. The van der Waals surface area contributed by atoms with Crippen LogP contribution in [0.5, 0.6) is 0 Å². The van der Waals surface area contributed by atoms with Crippen LogP contribution in [0.4, 0.5) is 5.69 Å². The Labute approximate surface area is 194 Å². The third-order valence-corrected chi connectivity index (χ3v) is 6.47. The molecule has 1 fully saturated rings. The molecule has 0 bridgehead atoms. The van der Waals surface area contributed by atoms with Crippen LogP contribution in [-0.4, -0.2) is 46.0 Å². The maximum atomic E-state index is 11.6. The topological polar surface area (TPSA) is 68.0 Å². The summed E-state index contributed by atoms with van der Waals surface area (Å²) in [4.78, 5) is 27.6. The first-order valence-electron chi connectivity index (χ1n) is 11.6. The summed E-state index contributed by atoms with van der Waals surface area (Å²) < 4.78 is 0. The number of anilines is 1. The van der Waals surface area contributed by atoms with E-state index in [4.69, 9.17) is 4.98 Å². The summed E-state index contributed by atoms with van der Waals surface area (Å²) in [6.45, 7) is 11.3. The molecule has 33 heavy (non-hydrogen) atoms. The molecule has 0 saturated carbocycles. The van der Waals surface area contributed by atoms with Crippen LogP contribution >= 0.6 is 0 Å². The lowest BCUT2D eigenvalue weighted by molar-refractivity contribution is 0.250. The molecule has 2 aromatic carbocycles. The van der Waals surface area contributed by atoms with Crippen LogP contribution in [0.25, 0.3) is 22.4 Å². The fourth-order valence-electron chi connectivity index (χ4n) is 4.53. The SMILES string of the molecule is CC(C)(C)c1ccc(-c2nc3c(N4CCN(Cc5cc[nH]c(=O)c5)CC4)cccc3[nH]2)cc1. The van der Waals surface area contributed by atoms with Crippen LogP contribution < -0.4 is 10.5 Å². The quantitative estimate of drug-likeness (QED) is 0.488. The number of aromatic amines is 2. The summed E-state index contributed by atoms with van der Waals surface area (Å²) in [7, 11) is 0. The molecule has 0 amide bonds. The first-order chi connectivity index (χ1) is 15.9. The van der Waals surface area contributed by atoms with Gasteiger partial charge in [-0.3, -0.25) is 9.69 Å². The molecule has 1 saturated heterocycles. The number of nitrogens with zero attached hydrogens (tertiary/aromatic N) is 3. The van der Waals surface area contributed by atoms with E-state index in [9.17, 15) is 4.79 Å². The number of rotatable bonds is 4. The van der Waals surface area contributed by atoms with Gasteiger partial charge < -0.3 is 14.9 Å². The Bertz CT molecular complexity index is 1300. The van der Waals surface area contributed by atoms with Crippen molar-refractivity contribution in [3.05, 3.63) is 82.3 Å². The van der Waals surface area contributed by atoms with Crippen molar-refractivity contribution in [2.45, 2.75) is 32.7 Å². The molecule has 6 heteroatoms. The Morgan fingerprint density at radius 1 is 0.970 bits per heavy atom. The van der Waals surface area contributed by atoms with E-state index in [0.717, 1.165) is 60.7 Å². The van der Waals surface area contributed by atoms with E-state index < -0.39 is 0 Å². The molecule has 0 aliphatic carbocycles. The molecular formula is C27H31N5O. The van der Waals surface area contributed by atoms with Gasteiger partial charge in [0.25, 0.3) is 0 Å². The van der Waals surface area contributed by atoms with Gasteiger partial charge in [0, 0.05) is 50.6 Å². The smallest absolute Gasteiger partial charge is 0.248 e. The van der Waals surface area contributed by atoms with Crippen molar-refractivity contribution >= 4 is 16.7 Å². The number of hydrogen-bond acceptors (Lipinski definition) is 4. The number of H-pyrrole nitrogens is 2. The van der Waals surface area contributed by atoms with Crippen molar-refractivity contribution in [1.29, 1.82) is 0 Å². The predicted molar refractivity (Wildman–Crippen MR) is 135 cm³/mol. The van der Waals surface area contributed by atoms with Crippen LogP contribution in [0.15, 0.2) is 65.6 Å². The lowest BCUT2D eigenvalue weighted by Gasteiger charge is -2.36. The number of imidazole rings is 1. The molecule has 0 unspecified atom stereocenters. The fourth-order valence-corrected chi connectivity index (χ4v) is 4.53. The van der Waals surface area contributed by atoms with Gasteiger partial charge in [0.05, 0.1) is 11.2 Å². The molecule has 170 valence electrons. The van der Waals surface area contributed by atoms with Gasteiger partial charge in [-0.15, -0.1) is 0 Å². The molecule has 1 aliphatic rings. The highest BCUT2D eigenvalue weighted by Crippen LogP contribution is 2.30. The van der Waals surface area contributed by atoms with Crippen LogP contribution in [0.2, 0.25) is 0 Å². The van der Waals surface area contributed by atoms with Gasteiger partial charge in [0.15, 0.2) is 0 Å². The maximum absolute atomic E-state index is 11.6. The lowest BCUT2D eigenvalue weighted by Crippen LogP contribution is -2.46. The number of nitrogens with one attached hydrogen (secondary N) is 2. The first-order valence-corrected chi connectivity index (χ1v) is 11.6. The second-order valence-corrected chi connectivity index (χ2v) is 9.91. The fraction of sp³-hybridized carbons (Fsp3) is 0.333. The highest BCUT2D eigenvalue weighted by molar-refractivity contribution is 5.91. The second-order valence-electron chi connectivity index (χ2n) is 9.91. The highest BCUT2D eigenvalue weighted by Gasteiger charge is 2.21. The molecule has 2 N–H and O–H groups in total. The molecule has 0 radical (unpaired) electrons. The molecule has 4 aromatic rings. The number of pyridine rings is 1. The van der Waals surface area contributed by atoms with E-state index in [2.05, 4.69) is 83.0 Å². The minimum Gasteiger partial charge on any atom is -0.367 e. The number of para-hydroxylation sites is 1. The molecule has 2 aromatic heterocycles. The molecular weight excluding hydrogens is 410 g/mol. The number of piperazine rings is 1. The van der Waals surface area contributed by atoms with Gasteiger partial charge in [-0.1, -0.05) is 51.1 Å². The van der Waals surface area contributed by atoms with E-state index in [1.807, 2.05) is 6.07 Å². The van der Waals surface area contributed by atoms with Gasteiger partial charge in [-0.05, 0) is 34.7 Å². The molecule has 1 aliphatic heterocycles. The van der Waals surface area contributed by atoms with Crippen molar-refractivity contribution in [2.24, 2.45) is 0 Å². The lowest BCUT2D eigenvalue weighted by atomic mass is 9.87. The van der Waals surface area contributed by atoms with Crippen LogP contribution in [0, 0.1) is 0 Å². The van der Waals surface area contributed by atoms with E-state index in [0.29, 0.717) is 0 Å². The molecule has 3 heterocycles. The minimum atomic E-state index is -0.0415. The van der Waals surface area contributed by atoms with Crippen LogP contribution in [0.1, 0.15) is 31.9 Å². The molecule has 0 atom stereocenters. The monoisotopic (exact) mass is 441 g/mol.